The van der Waals surface area contributed by atoms with Gasteiger partial charge in [-0.2, -0.15) is 0 Å². The van der Waals surface area contributed by atoms with E-state index in [0.29, 0.717) is 0 Å². The second-order valence-electron chi connectivity index (χ2n) is 3.96. The average molecular weight is 176 g/mol. The molecule has 0 saturated heterocycles. The topological polar surface area (TPSA) is 38.9 Å². The molecule has 0 aliphatic heterocycles. The zero-order chi connectivity index (χ0) is 9.26. The Hall–Kier alpha value is -0.890. The molecule has 1 atom stereocenters. The fourth-order valence-corrected chi connectivity index (χ4v) is 1.73. The monoisotopic (exact) mass is 176 g/mol. The Morgan fingerprint density at radius 3 is 3.00 bits per heavy atom. The van der Waals surface area contributed by atoms with Gasteiger partial charge in [0.05, 0.1) is 0 Å². The molecule has 1 aliphatic carbocycles. The van der Waals surface area contributed by atoms with Gasteiger partial charge in [-0.05, 0) is 30.9 Å². The van der Waals surface area contributed by atoms with E-state index in [9.17, 15) is 0 Å². The Bertz CT molecular complexity index is 292. The Morgan fingerprint density at radius 1 is 1.62 bits per heavy atom. The fourth-order valence-electron chi connectivity index (χ4n) is 1.73. The molecule has 70 valence electrons. The highest BCUT2D eigenvalue weighted by molar-refractivity contribution is 5.22. The largest absolute Gasteiger partial charge is 0.324 e. The highest BCUT2D eigenvalue weighted by Crippen LogP contribution is 2.36. The number of aryl methyl sites for hydroxylation is 1. The maximum absolute atomic E-state index is 6.10. The van der Waals surface area contributed by atoms with Gasteiger partial charge in [-0.1, -0.05) is 18.9 Å². The van der Waals surface area contributed by atoms with Gasteiger partial charge >= 0.3 is 0 Å². The summed E-state index contributed by atoms with van der Waals surface area (Å²) < 4.78 is 0. The molecule has 0 bridgehead atoms. The van der Waals surface area contributed by atoms with Crippen molar-refractivity contribution in [2.45, 2.75) is 32.2 Å². The summed E-state index contributed by atoms with van der Waals surface area (Å²) in [6.07, 6.45) is 5.69. The molecule has 2 rings (SSSR count). The van der Waals surface area contributed by atoms with Crippen molar-refractivity contribution in [1.29, 1.82) is 0 Å². The SMILES string of the molecule is Cc1ncccc1[C@@H](N)CC1CC1. The van der Waals surface area contributed by atoms with Crippen LogP contribution < -0.4 is 5.73 Å². The van der Waals surface area contributed by atoms with Gasteiger partial charge in [-0.25, -0.2) is 0 Å². The molecular weight excluding hydrogens is 160 g/mol. The van der Waals surface area contributed by atoms with Crippen molar-refractivity contribution in [3.63, 3.8) is 0 Å². The van der Waals surface area contributed by atoms with Crippen LogP contribution in [-0.2, 0) is 0 Å². The standard InChI is InChI=1S/C11H16N2/c1-8-10(3-2-6-13-8)11(12)7-9-4-5-9/h2-3,6,9,11H,4-5,7,12H2,1H3/t11-/m0/s1. The van der Waals surface area contributed by atoms with Gasteiger partial charge in [0.25, 0.3) is 0 Å². The Kier molecular flexibility index (Phi) is 2.32. The van der Waals surface area contributed by atoms with E-state index in [1.165, 1.54) is 18.4 Å². The summed E-state index contributed by atoms with van der Waals surface area (Å²) in [5.41, 5.74) is 8.39. The van der Waals surface area contributed by atoms with Gasteiger partial charge in [0.2, 0.25) is 0 Å². The maximum atomic E-state index is 6.10. The second-order valence-corrected chi connectivity index (χ2v) is 3.96. The molecule has 1 saturated carbocycles. The summed E-state index contributed by atoms with van der Waals surface area (Å²) in [7, 11) is 0. The van der Waals surface area contributed by atoms with E-state index in [2.05, 4.69) is 11.1 Å². The van der Waals surface area contributed by atoms with E-state index in [0.717, 1.165) is 18.0 Å². The molecule has 1 aromatic rings. The highest BCUT2D eigenvalue weighted by Gasteiger charge is 2.24. The molecule has 0 unspecified atom stereocenters. The van der Waals surface area contributed by atoms with Crippen molar-refractivity contribution in [3.05, 3.63) is 29.6 Å². The van der Waals surface area contributed by atoms with Crippen LogP contribution >= 0.6 is 0 Å². The molecule has 2 heteroatoms. The minimum atomic E-state index is 0.196. The quantitative estimate of drug-likeness (QED) is 0.766. The van der Waals surface area contributed by atoms with Crippen molar-refractivity contribution in [2.24, 2.45) is 11.7 Å². The van der Waals surface area contributed by atoms with Gasteiger partial charge in [-0.3, -0.25) is 4.98 Å². The summed E-state index contributed by atoms with van der Waals surface area (Å²) >= 11 is 0. The molecule has 0 radical (unpaired) electrons. The third-order valence-electron chi connectivity index (χ3n) is 2.73. The fraction of sp³-hybridized carbons (Fsp3) is 0.545. The first-order valence-electron chi connectivity index (χ1n) is 4.94. The van der Waals surface area contributed by atoms with E-state index >= 15 is 0 Å². The highest BCUT2D eigenvalue weighted by atomic mass is 14.7. The smallest absolute Gasteiger partial charge is 0.0420 e. The molecular formula is C11H16N2. The van der Waals surface area contributed by atoms with Crippen molar-refractivity contribution in [2.75, 3.05) is 0 Å². The van der Waals surface area contributed by atoms with Crippen LogP contribution in [0.1, 0.15) is 36.6 Å². The first-order chi connectivity index (χ1) is 6.27. The van der Waals surface area contributed by atoms with Crippen LogP contribution in [-0.4, -0.2) is 4.98 Å². The van der Waals surface area contributed by atoms with Crippen LogP contribution in [0.4, 0.5) is 0 Å². The lowest BCUT2D eigenvalue weighted by Crippen LogP contribution is -2.12. The van der Waals surface area contributed by atoms with Crippen LogP contribution in [0.5, 0.6) is 0 Å². The Labute approximate surface area is 79.2 Å². The average Bonchev–Trinajstić information content (AvgIpc) is 2.89. The number of nitrogens with two attached hydrogens (primary N) is 1. The van der Waals surface area contributed by atoms with Crippen LogP contribution in [0.2, 0.25) is 0 Å². The van der Waals surface area contributed by atoms with E-state index < -0.39 is 0 Å². The number of hydrogen-bond donors (Lipinski definition) is 1. The molecule has 1 aromatic heterocycles. The first-order valence-corrected chi connectivity index (χ1v) is 4.94. The minimum Gasteiger partial charge on any atom is -0.324 e. The molecule has 1 aliphatic rings. The predicted octanol–water partition coefficient (Wildman–Crippen LogP) is 2.19. The van der Waals surface area contributed by atoms with E-state index in [1.807, 2.05) is 19.2 Å². The van der Waals surface area contributed by atoms with Gasteiger partial charge < -0.3 is 5.73 Å². The lowest BCUT2D eigenvalue weighted by Gasteiger charge is -2.12. The van der Waals surface area contributed by atoms with Gasteiger partial charge in [-0.15, -0.1) is 0 Å². The lowest BCUT2D eigenvalue weighted by atomic mass is 10.0. The summed E-state index contributed by atoms with van der Waals surface area (Å²) in [4.78, 5) is 4.25. The van der Waals surface area contributed by atoms with Crippen molar-refractivity contribution < 1.29 is 0 Å². The van der Waals surface area contributed by atoms with E-state index in [-0.39, 0.29) is 6.04 Å². The van der Waals surface area contributed by atoms with Crippen LogP contribution in [0, 0.1) is 12.8 Å². The van der Waals surface area contributed by atoms with Crippen LogP contribution in [0.25, 0.3) is 0 Å². The maximum Gasteiger partial charge on any atom is 0.0420 e. The number of rotatable bonds is 3. The van der Waals surface area contributed by atoms with Gasteiger partial charge in [0, 0.05) is 17.9 Å². The first kappa shape index (κ1) is 8.70. The third kappa shape index (κ3) is 2.07. The number of hydrogen-bond acceptors (Lipinski definition) is 2. The Morgan fingerprint density at radius 2 is 2.38 bits per heavy atom. The molecule has 0 aromatic carbocycles. The van der Waals surface area contributed by atoms with E-state index in [4.69, 9.17) is 5.73 Å². The molecule has 1 fully saturated rings. The normalized spacial score (nSPS) is 18.6. The number of pyridine rings is 1. The van der Waals surface area contributed by atoms with Crippen LogP contribution in [0.3, 0.4) is 0 Å². The van der Waals surface area contributed by atoms with Gasteiger partial charge in [0.1, 0.15) is 0 Å². The van der Waals surface area contributed by atoms with Crippen molar-refractivity contribution in [1.82, 2.24) is 4.98 Å². The van der Waals surface area contributed by atoms with Crippen molar-refractivity contribution >= 4 is 0 Å². The molecule has 2 N–H and O–H groups in total. The van der Waals surface area contributed by atoms with E-state index in [1.54, 1.807) is 0 Å². The lowest BCUT2D eigenvalue weighted by molar-refractivity contribution is 0.592. The zero-order valence-electron chi connectivity index (χ0n) is 8.03. The summed E-state index contributed by atoms with van der Waals surface area (Å²) in [6, 6.07) is 4.26. The Balaban J connectivity index is 2.09. The molecule has 1 heterocycles. The van der Waals surface area contributed by atoms with Crippen molar-refractivity contribution in [3.8, 4) is 0 Å². The van der Waals surface area contributed by atoms with Gasteiger partial charge in [0.15, 0.2) is 0 Å². The zero-order valence-corrected chi connectivity index (χ0v) is 8.03. The molecule has 13 heavy (non-hydrogen) atoms. The summed E-state index contributed by atoms with van der Waals surface area (Å²) in [6.45, 7) is 2.03. The molecule has 0 spiro atoms. The summed E-state index contributed by atoms with van der Waals surface area (Å²) in [5, 5.41) is 0. The van der Waals surface area contributed by atoms with Crippen LogP contribution in [0.15, 0.2) is 18.3 Å². The number of aromatic nitrogens is 1. The third-order valence-corrected chi connectivity index (χ3v) is 2.73. The predicted molar refractivity (Wildman–Crippen MR) is 53.2 cm³/mol. The second kappa shape index (κ2) is 3.46. The molecule has 2 nitrogen and oxygen atoms in total. The molecule has 0 amide bonds. The number of nitrogens with zero attached hydrogens (tertiary/aromatic N) is 1. The minimum absolute atomic E-state index is 0.196. The summed E-state index contributed by atoms with van der Waals surface area (Å²) in [5.74, 6) is 0.884.